The summed E-state index contributed by atoms with van der Waals surface area (Å²) in [5.74, 6) is 0.149. The Labute approximate surface area is 113 Å². The summed E-state index contributed by atoms with van der Waals surface area (Å²) in [6.45, 7) is 6.98. The van der Waals surface area contributed by atoms with E-state index in [9.17, 15) is 8.42 Å². The van der Waals surface area contributed by atoms with Crippen molar-refractivity contribution in [3.8, 4) is 0 Å². The van der Waals surface area contributed by atoms with Crippen LogP contribution in [0.5, 0.6) is 0 Å². The maximum Gasteiger partial charge on any atom is 0.211 e. The van der Waals surface area contributed by atoms with E-state index in [1.807, 2.05) is 26.2 Å². The van der Waals surface area contributed by atoms with Crippen LogP contribution in [0.2, 0.25) is 0 Å². The number of thiazole rings is 1. The fourth-order valence-electron chi connectivity index (χ4n) is 1.40. The number of sulfonamides is 1. The third-order valence-electron chi connectivity index (χ3n) is 2.28. The zero-order valence-corrected chi connectivity index (χ0v) is 12.7. The van der Waals surface area contributed by atoms with Crippen molar-refractivity contribution in [1.29, 1.82) is 0 Å². The molecule has 0 bridgehead atoms. The molecule has 0 aliphatic carbocycles. The van der Waals surface area contributed by atoms with Crippen LogP contribution in [0.15, 0.2) is 5.38 Å². The van der Waals surface area contributed by atoms with Gasteiger partial charge in [0.15, 0.2) is 0 Å². The second kappa shape index (κ2) is 7.18. The molecule has 0 amide bonds. The molecule has 0 saturated heterocycles. The number of aromatic nitrogens is 1. The van der Waals surface area contributed by atoms with Crippen molar-refractivity contribution >= 4 is 21.4 Å². The minimum absolute atomic E-state index is 0.149. The Balaban J connectivity index is 2.27. The van der Waals surface area contributed by atoms with Crippen LogP contribution in [0.4, 0.5) is 0 Å². The van der Waals surface area contributed by atoms with E-state index in [0.29, 0.717) is 19.0 Å². The molecule has 1 heterocycles. The molecule has 0 fully saturated rings. The van der Waals surface area contributed by atoms with Crippen molar-refractivity contribution in [2.45, 2.75) is 39.8 Å². The van der Waals surface area contributed by atoms with Crippen molar-refractivity contribution in [2.24, 2.45) is 0 Å². The van der Waals surface area contributed by atoms with Crippen molar-refractivity contribution in [3.63, 3.8) is 0 Å². The summed E-state index contributed by atoms with van der Waals surface area (Å²) in [5.41, 5.74) is 0.779. The summed E-state index contributed by atoms with van der Waals surface area (Å²) in [6, 6.07) is 0.388. The molecular weight excluding hydrogens is 270 g/mol. The molecule has 7 heteroatoms. The first-order chi connectivity index (χ1) is 8.39. The first kappa shape index (κ1) is 15.6. The largest absolute Gasteiger partial charge is 0.314 e. The lowest BCUT2D eigenvalue weighted by Gasteiger charge is -2.08. The van der Waals surface area contributed by atoms with Gasteiger partial charge in [-0.1, -0.05) is 13.8 Å². The molecule has 0 saturated carbocycles. The third kappa shape index (κ3) is 6.44. The van der Waals surface area contributed by atoms with Crippen LogP contribution in [-0.4, -0.2) is 31.7 Å². The zero-order valence-electron chi connectivity index (χ0n) is 11.1. The quantitative estimate of drug-likeness (QED) is 0.707. The van der Waals surface area contributed by atoms with E-state index in [2.05, 4.69) is 15.0 Å². The van der Waals surface area contributed by atoms with Gasteiger partial charge in [-0.2, -0.15) is 0 Å². The Bertz CT molecular complexity index is 455. The monoisotopic (exact) mass is 291 g/mol. The van der Waals surface area contributed by atoms with Gasteiger partial charge in [0.05, 0.1) is 23.0 Å². The molecular formula is C11H21N3O2S2. The summed E-state index contributed by atoms with van der Waals surface area (Å²) in [6.07, 6.45) is 0.615. The van der Waals surface area contributed by atoms with E-state index in [4.69, 9.17) is 0 Å². The minimum Gasteiger partial charge on any atom is -0.314 e. The van der Waals surface area contributed by atoms with Crippen molar-refractivity contribution in [2.75, 3.05) is 12.3 Å². The number of aryl methyl sites for hydroxylation is 1. The van der Waals surface area contributed by atoms with E-state index >= 15 is 0 Å². The molecule has 0 unspecified atom stereocenters. The Kier molecular flexibility index (Phi) is 6.20. The lowest BCUT2D eigenvalue weighted by Crippen LogP contribution is -2.29. The van der Waals surface area contributed by atoms with Crippen LogP contribution < -0.4 is 10.0 Å². The Morgan fingerprint density at radius 1 is 1.44 bits per heavy atom. The third-order valence-corrected chi connectivity index (χ3v) is 4.51. The highest BCUT2D eigenvalue weighted by molar-refractivity contribution is 7.89. The molecule has 0 atom stereocenters. The van der Waals surface area contributed by atoms with Crippen molar-refractivity contribution in [1.82, 2.24) is 15.0 Å². The molecule has 0 aliphatic heterocycles. The predicted octanol–water partition coefficient (Wildman–Crippen LogP) is 1.26. The molecule has 104 valence electrons. The second-order valence-electron chi connectivity index (χ2n) is 4.46. The molecule has 18 heavy (non-hydrogen) atoms. The average molecular weight is 291 g/mol. The van der Waals surface area contributed by atoms with Crippen LogP contribution in [0.3, 0.4) is 0 Å². The zero-order chi connectivity index (χ0) is 13.6. The number of rotatable bonds is 8. The van der Waals surface area contributed by atoms with Crippen LogP contribution in [0, 0.1) is 6.92 Å². The predicted molar refractivity (Wildman–Crippen MR) is 75.2 cm³/mol. The standard InChI is InChI=1S/C11H21N3O2S2/c1-9(2)12-5-4-6-18(15,16)13-7-11-8-17-10(3)14-11/h8-9,12-13H,4-7H2,1-3H3. The lowest BCUT2D eigenvalue weighted by atomic mass is 10.4. The highest BCUT2D eigenvalue weighted by atomic mass is 32.2. The molecule has 5 nitrogen and oxygen atoms in total. The molecule has 1 aromatic heterocycles. The number of hydrogen-bond acceptors (Lipinski definition) is 5. The Morgan fingerprint density at radius 3 is 2.72 bits per heavy atom. The van der Waals surface area contributed by atoms with Gasteiger partial charge in [-0.05, 0) is 19.9 Å². The van der Waals surface area contributed by atoms with Gasteiger partial charge in [0, 0.05) is 11.4 Å². The van der Waals surface area contributed by atoms with E-state index < -0.39 is 10.0 Å². The molecule has 0 spiro atoms. The molecule has 1 aromatic rings. The first-order valence-electron chi connectivity index (χ1n) is 6.01. The normalized spacial score (nSPS) is 12.2. The summed E-state index contributed by atoms with van der Waals surface area (Å²) >= 11 is 1.52. The highest BCUT2D eigenvalue weighted by Crippen LogP contribution is 2.07. The molecule has 2 N–H and O–H groups in total. The van der Waals surface area contributed by atoms with Crippen LogP contribution in [-0.2, 0) is 16.6 Å². The summed E-state index contributed by atoms with van der Waals surface area (Å²) in [7, 11) is -3.19. The smallest absolute Gasteiger partial charge is 0.211 e. The van der Waals surface area contributed by atoms with Gasteiger partial charge in [0.2, 0.25) is 10.0 Å². The van der Waals surface area contributed by atoms with E-state index in [1.165, 1.54) is 11.3 Å². The van der Waals surface area contributed by atoms with Crippen LogP contribution >= 0.6 is 11.3 Å². The summed E-state index contributed by atoms with van der Waals surface area (Å²) in [4.78, 5) is 4.21. The average Bonchev–Trinajstić information content (AvgIpc) is 2.68. The molecule has 1 rings (SSSR count). The van der Waals surface area contributed by atoms with Crippen LogP contribution in [0.25, 0.3) is 0 Å². The number of nitrogens with zero attached hydrogens (tertiary/aromatic N) is 1. The van der Waals surface area contributed by atoms with Gasteiger partial charge in [0.25, 0.3) is 0 Å². The topological polar surface area (TPSA) is 71.1 Å². The molecule has 0 radical (unpaired) electrons. The van der Waals surface area contributed by atoms with Crippen LogP contribution in [0.1, 0.15) is 31.0 Å². The number of hydrogen-bond donors (Lipinski definition) is 2. The lowest BCUT2D eigenvalue weighted by molar-refractivity contribution is 0.560. The SMILES string of the molecule is Cc1nc(CNS(=O)(=O)CCCNC(C)C)cs1. The number of nitrogens with one attached hydrogen (secondary N) is 2. The van der Waals surface area contributed by atoms with E-state index in [-0.39, 0.29) is 12.3 Å². The van der Waals surface area contributed by atoms with Gasteiger partial charge >= 0.3 is 0 Å². The summed E-state index contributed by atoms with van der Waals surface area (Å²) < 4.78 is 25.9. The molecule has 0 aromatic carbocycles. The first-order valence-corrected chi connectivity index (χ1v) is 8.54. The van der Waals surface area contributed by atoms with Gasteiger partial charge in [0.1, 0.15) is 0 Å². The maximum atomic E-state index is 11.7. The van der Waals surface area contributed by atoms with Gasteiger partial charge in [-0.15, -0.1) is 11.3 Å². The van der Waals surface area contributed by atoms with Crippen molar-refractivity contribution in [3.05, 3.63) is 16.1 Å². The second-order valence-corrected chi connectivity index (χ2v) is 7.45. The molecule has 0 aliphatic rings. The van der Waals surface area contributed by atoms with Gasteiger partial charge in [-0.3, -0.25) is 0 Å². The van der Waals surface area contributed by atoms with Gasteiger partial charge in [-0.25, -0.2) is 18.1 Å². The fraction of sp³-hybridized carbons (Fsp3) is 0.727. The highest BCUT2D eigenvalue weighted by Gasteiger charge is 2.10. The Morgan fingerprint density at radius 2 is 2.17 bits per heavy atom. The fourth-order valence-corrected chi connectivity index (χ4v) is 3.05. The maximum absolute atomic E-state index is 11.7. The van der Waals surface area contributed by atoms with E-state index in [1.54, 1.807) is 0 Å². The van der Waals surface area contributed by atoms with Gasteiger partial charge < -0.3 is 5.32 Å². The Hall–Kier alpha value is -0.500. The van der Waals surface area contributed by atoms with E-state index in [0.717, 1.165) is 10.7 Å². The minimum atomic E-state index is -3.19. The van der Waals surface area contributed by atoms with Crippen molar-refractivity contribution < 1.29 is 8.42 Å². The summed E-state index contributed by atoms with van der Waals surface area (Å²) in [5, 5.41) is 6.01.